The van der Waals surface area contributed by atoms with Gasteiger partial charge >= 0.3 is 0 Å². The maximum Gasteiger partial charge on any atom is 0.192 e. The summed E-state index contributed by atoms with van der Waals surface area (Å²) >= 11 is 0. The van der Waals surface area contributed by atoms with Crippen molar-refractivity contribution < 1.29 is 19.0 Å². The smallest absolute Gasteiger partial charge is 0.192 e. The molecule has 166 valence electrons. The summed E-state index contributed by atoms with van der Waals surface area (Å²) in [5, 5.41) is 10.4. The van der Waals surface area contributed by atoms with E-state index in [0.29, 0.717) is 19.3 Å². The summed E-state index contributed by atoms with van der Waals surface area (Å²) in [5.41, 5.74) is -0.625. The molecule has 0 bridgehead atoms. The highest BCUT2D eigenvalue weighted by Crippen LogP contribution is 2.46. The largest absolute Gasteiger partial charge is 0.412 e. The molecule has 0 radical (unpaired) electrons. The van der Waals surface area contributed by atoms with Gasteiger partial charge in [0.2, 0.25) is 0 Å². The lowest BCUT2D eigenvalue weighted by atomic mass is 9.92. The van der Waals surface area contributed by atoms with Gasteiger partial charge in [0.25, 0.3) is 0 Å². The van der Waals surface area contributed by atoms with Crippen molar-refractivity contribution in [3.8, 4) is 0 Å². The first-order valence-electron chi connectivity index (χ1n) is 10.9. The molecule has 0 spiro atoms. The van der Waals surface area contributed by atoms with Crippen LogP contribution in [0.2, 0.25) is 18.1 Å². The van der Waals surface area contributed by atoms with E-state index in [1.165, 1.54) is 12.8 Å². The summed E-state index contributed by atoms with van der Waals surface area (Å²) in [6.45, 7) is 23.2. The van der Waals surface area contributed by atoms with Crippen LogP contribution in [0.15, 0.2) is 0 Å². The van der Waals surface area contributed by atoms with Crippen LogP contribution in [0, 0.1) is 11.8 Å². The standard InChI is InChI=1S/C22H45NO4Si/c1-20(2,3)26-15-23-18(14-25-22(23,7)8)19(17(13-24)16-11-12-16)27-28(9,10)21(4,5)6/h16-19,24H,11-15H2,1-10H3/t17-,18-,19-/m1/s1. The summed E-state index contributed by atoms with van der Waals surface area (Å²) in [4.78, 5) is 2.31. The molecule has 5 nitrogen and oxygen atoms in total. The summed E-state index contributed by atoms with van der Waals surface area (Å²) in [6.07, 6.45) is 2.35. The van der Waals surface area contributed by atoms with Crippen molar-refractivity contribution in [3.05, 3.63) is 0 Å². The Morgan fingerprint density at radius 2 is 1.71 bits per heavy atom. The van der Waals surface area contributed by atoms with E-state index < -0.39 is 14.0 Å². The number of nitrogens with zero attached hydrogens (tertiary/aromatic N) is 1. The SMILES string of the molecule is CC(C)(C)OCN1[C@@H]([C@H](O[Si](C)(C)C(C)(C)C)[C@H](CO)C2CC2)COC1(C)C. The van der Waals surface area contributed by atoms with Crippen molar-refractivity contribution in [2.45, 2.75) is 110 Å². The van der Waals surface area contributed by atoms with Crippen molar-refractivity contribution in [2.75, 3.05) is 19.9 Å². The topological polar surface area (TPSA) is 51.2 Å². The number of aliphatic hydroxyl groups is 1. The van der Waals surface area contributed by atoms with Crippen molar-refractivity contribution in [1.29, 1.82) is 0 Å². The van der Waals surface area contributed by atoms with E-state index in [9.17, 15) is 5.11 Å². The van der Waals surface area contributed by atoms with Gasteiger partial charge < -0.3 is 19.0 Å². The number of ether oxygens (including phenoxy) is 2. The van der Waals surface area contributed by atoms with Gasteiger partial charge in [0.1, 0.15) is 12.5 Å². The van der Waals surface area contributed by atoms with E-state index >= 15 is 0 Å². The highest BCUT2D eigenvalue weighted by molar-refractivity contribution is 6.74. The van der Waals surface area contributed by atoms with Crippen LogP contribution in [-0.4, -0.2) is 61.7 Å². The van der Waals surface area contributed by atoms with E-state index in [1.54, 1.807) is 0 Å². The van der Waals surface area contributed by atoms with Gasteiger partial charge in [-0.25, -0.2) is 4.90 Å². The van der Waals surface area contributed by atoms with Gasteiger partial charge in [0.15, 0.2) is 8.32 Å². The second-order valence-corrected chi connectivity index (χ2v) is 16.5. The fraction of sp³-hybridized carbons (Fsp3) is 1.00. The fourth-order valence-electron chi connectivity index (χ4n) is 3.66. The van der Waals surface area contributed by atoms with Crippen LogP contribution in [0.1, 0.15) is 68.2 Å². The molecule has 2 aliphatic rings. The van der Waals surface area contributed by atoms with Crippen LogP contribution in [0.25, 0.3) is 0 Å². The highest BCUT2D eigenvalue weighted by atomic mass is 28.4. The van der Waals surface area contributed by atoms with E-state index in [-0.39, 0.29) is 35.3 Å². The summed E-state index contributed by atoms with van der Waals surface area (Å²) in [7, 11) is -2.00. The highest BCUT2D eigenvalue weighted by Gasteiger charge is 2.52. The lowest BCUT2D eigenvalue weighted by Gasteiger charge is -2.46. The Bertz CT molecular complexity index is 520. The van der Waals surface area contributed by atoms with Crippen molar-refractivity contribution >= 4 is 8.32 Å². The molecule has 1 N–H and O–H groups in total. The predicted molar refractivity (Wildman–Crippen MR) is 117 cm³/mol. The molecule has 0 aromatic rings. The molecule has 28 heavy (non-hydrogen) atoms. The Kier molecular flexibility index (Phi) is 7.18. The lowest BCUT2D eigenvalue weighted by Crippen LogP contribution is -2.57. The molecule has 1 heterocycles. The molecule has 0 aromatic carbocycles. The van der Waals surface area contributed by atoms with E-state index in [0.717, 1.165) is 0 Å². The molecule has 1 aliphatic carbocycles. The molecule has 2 fully saturated rings. The van der Waals surface area contributed by atoms with Crippen LogP contribution in [-0.2, 0) is 13.9 Å². The van der Waals surface area contributed by atoms with Crippen LogP contribution in [0.3, 0.4) is 0 Å². The Labute approximate surface area is 174 Å². The van der Waals surface area contributed by atoms with Gasteiger partial charge in [-0.05, 0) is 71.5 Å². The Balaban J connectivity index is 2.32. The normalized spacial score (nSPS) is 26.5. The minimum absolute atomic E-state index is 0.0382. The van der Waals surface area contributed by atoms with Gasteiger partial charge in [-0.3, -0.25) is 0 Å². The summed E-state index contributed by atoms with van der Waals surface area (Å²) in [5.74, 6) is 0.725. The first-order valence-corrected chi connectivity index (χ1v) is 13.8. The molecule has 1 saturated heterocycles. The van der Waals surface area contributed by atoms with Crippen LogP contribution < -0.4 is 0 Å². The first kappa shape index (κ1) is 24.3. The first-order chi connectivity index (χ1) is 12.6. The lowest BCUT2D eigenvalue weighted by molar-refractivity contribution is -0.145. The Morgan fingerprint density at radius 3 is 2.14 bits per heavy atom. The van der Waals surface area contributed by atoms with Crippen molar-refractivity contribution in [3.63, 3.8) is 0 Å². The van der Waals surface area contributed by atoms with E-state index in [1.807, 2.05) is 0 Å². The molecule has 1 aliphatic heterocycles. The third-order valence-corrected chi connectivity index (χ3v) is 11.3. The Hall–Kier alpha value is 0.0169. The number of hydrogen-bond acceptors (Lipinski definition) is 5. The number of rotatable bonds is 8. The maximum absolute atomic E-state index is 10.3. The zero-order valence-corrected chi connectivity index (χ0v) is 21.0. The van der Waals surface area contributed by atoms with Gasteiger partial charge in [-0.1, -0.05) is 20.8 Å². The third-order valence-electron chi connectivity index (χ3n) is 6.81. The van der Waals surface area contributed by atoms with Gasteiger partial charge in [-0.15, -0.1) is 0 Å². The molecule has 6 heteroatoms. The molecular weight excluding hydrogens is 370 g/mol. The van der Waals surface area contributed by atoms with Crippen molar-refractivity contribution in [1.82, 2.24) is 4.90 Å². The van der Waals surface area contributed by atoms with Gasteiger partial charge in [-0.2, -0.15) is 0 Å². The molecule has 3 atom stereocenters. The quantitative estimate of drug-likeness (QED) is 0.587. The zero-order valence-electron chi connectivity index (χ0n) is 20.0. The minimum atomic E-state index is -2.00. The molecule has 0 amide bonds. The monoisotopic (exact) mass is 415 g/mol. The minimum Gasteiger partial charge on any atom is -0.412 e. The molecule has 2 rings (SSSR count). The molecular formula is C22H45NO4Si. The second kappa shape index (κ2) is 8.27. The van der Waals surface area contributed by atoms with Gasteiger partial charge in [0, 0.05) is 12.5 Å². The molecule has 0 aromatic heterocycles. The number of hydrogen-bond donors (Lipinski definition) is 1. The zero-order chi connectivity index (χ0) is 21.5. The maximum atomic E-state index is 10.3. The average Bonchev–Trinajstić information content (AvgIpc) is 3.27. The molecule has 0 unspecified atom stereocenters. The van der Waals surface area contributed by atoms with Crippen LogP contribution in [0.5, 0.6) is 0 Å². The predicted octanol–water partition coefficient (Wildman–Crippen LogP) is 4.60. The summed E-state index contributed by atoms with van der Waals surface area (Å²) < 4.78 is 19.4. The Morgan fingerprint density at radius 1 is 1.14 bits per heavy atom. The van der Waals surface area contributed by atoms with E-state index in [4.69, 9.17) is 13.9 Å². The summed E-state index contributed by atoms with van der Waals surface area (Å²) in [6, 6.07) is 0.0872. The number of aliphatic hydroxyl groups excluding tert-OH is 1. The second-order valence-electron chi connectivity index (χ2n) is 11.7. The average molecular weight is 416 g/mol. The molecule has 1 saturated carbocycles. The fourth-order valence-corrected chi connectivity index (χ4v) is 5.03. The van der Waals surface area contributed by atoms with Crippen LogP contribution >= 0.6 is 0 Å². The van der Waals surface area contributed by atoms with E-state index in [2.05, 4.69) is 73.4 Å². The van der Waals surface area contributed by atoms with Gasteiger partial charge in [0.05, 0.1) is 24.4 Å². The van der Waals surface area contributed by atoms with Crippen LogP contribution in [0.4, 0.5) is 0 Å². The third kappa shape index (κ3) is 5.79. The van der Waals surface area contributed by atoms with Crippen molar-refractivity contribution in [2.24, 2.45) is 11.8 Å².